The van der Waals surface area contributed by atoms with Gasteiger partial charge in [-0.15, -0.1) is 0 Å². The molecule has 2 nitrogen and oxygen atoms in total. The smallest absolute Gasteiger partial charge is 0.325 e. The van der Waals surface area contributed by atoms with Crippen molar-refractivity contribution in [2.24, 2.45) is 9.90 Å². The van der Waals surface area contributed by atoms with E-state index in [1.807, 2.05) is 18.2 Å². The number of hydrogen-bond acceptors (Lipinski definition) is 2. The molecular formula is C10H10BN2. The van der Waals surface area contributed by atoms with E-state index in [4.69, 9.17) is 0 Å². The zero-order valence-electron chi connectivity index (χ0n) is 7.35. The van der Waals surface area contributed by atoms with E-state index in [9.17, 15) is 0 Å². The molecule has 1 rings (SSSR count). The van der Waals surface area contributed by atoms with E-state index in [0.29, 0.717) is 5.84 Å². The van der Waals surface area contributed by atoms with Gasteiger partial charge < -0.3 is 4.90 Å². The first-order valence-corrected chi connectivity index (χ1v) is 3.94. The van der Waals surface area contributed by atoms with E-state index >= 15 is 0 Å². The zero-order valence-corrected chi connectivity index (χ0v) is 7.35. The van der Waals surface area contributed by atoms with Gasteiger partial charge in [0.1, 0.15) is 5.84 Å². The molecule has 0 saturated heterocycles. The fourth-order valence-electron chi connectivity index (χ4n) is 0.862. The lowest BCUT2D eigenvalue weighted by Gasteiger charge is -1.95. The molecule has 0 saturated carbocycles. The molecule has 0 spiro atoms. The van der Waals surface area contributed by atoms with Crippen molar-refractivity contribution in [2.45, 2.75) is 0 Å². The molecule has 0 N–H and O–H groups in total. The van der Waals surface area contributed by atoms with Gasteiger partial charge in [-0.1, -0.05) is 43.5 Å². The summed E-state index contributed by atoms with van der Waals surface area (Å²) in [5.74, 6) is 0.698. The Hall–Kier alpha value is -1.64. The van der Waals surface area contributed by atoms with Crippen LogP contribution in [0.25, 0.3) is 0 Å². The van der Waals surface area contributed by atoms with Crippen molar-refractivity contribution in [3.63, 3.8) is 0 Å². The van der Waals surface area contributed by atoms with Gasteiger partial charge in [-0.05, 0) is 6.11 Å². The maximum atomic E-state index is 4.06. The van der Waals surface area contributed by atoms with Crippen molar-refractivity contribution in [3.05, 3.63) is 49.1 Å². The third kappa shape index (κ3) is 2.71. The molecular weight excluding hydrogens is 159 g/mol. The number of allylic oxidation sites excluding steroid dienone is 4. The first kappa shape index (κ1) is 9.45. The summed E-state index contributed by atoms with van der Waals surface area (Å²) in [6, 6.07) is 0. The lowest BCUT2D eigenvalue weighted by atomic mass is 10.0. The molecule has 1 aliphatic rings. The molecule has 0 fully saturated rings. The average Bonchev–Trinajstić information content (AvgIpc) is 2.65. The maximum absolute atomic E-state index is 4.06. The van der Waals surface area contributed by atoms with E-state index in [1.165, 1.54) is 0 Å². The highest BCUT2D eigenvalue weighted by molar-refractivity contribution is 6.70. The van der Waals surface area contributed by atoms with Gasteiger partial charge in [0.05, 0.1) is 0 Å². The fraction of sp³-hybridized carbons (Fsp3) is 0. The lowest BCUT2D eigenvalue weighted by molar-refractivity contribution is 1.62. The average molecular weight is 169 g/mol. The SMILES string of the molecule is C=C/C=C\C=C(/C=C)C1=N[B]C=N1. The van der Waals surface area contributed by atoms with E-state index < -0.39 is 0 Å². The predicted molar refractivity (Wildman–Crippen MR) is 59.3 cm³/mol. The predicted octanol–water partition coefficient (Wildman–Crippen LogP) is 1.90. The Bertz CT molecular complexity index is 322. The summed E-state index contributed by atoms with van der Waals surface area (Å²) in [4.78, 5) is 8.11. The van der Waals surface area contributed by atoms with Crippen LogP contribution in [-0.4, -0.2) is 19.4 Å². The minimum Gasteiger partial charge on any atom is -0.325 e. The highest BCUT2D eigenvalue weighted by Crippen LogP contribution is 2.04. The summed E-state index contributed by atoms with van der Waals surface area (Å²) in [5, 5.41) is 0. The van der Waals surface area contributed by atoms with Gasteiger partial charge in [0.25, 0.3) is 0 Å². The van der Waals surface area contributed by atoms with Crippen molar-refractivity contribution in [1.82, 2.24) is 0 Å². The molecule has 0 atom stereocenters. The fourth-order valence-corrected chi connectivity index (χ4v) is 0.862. The van der Waals surface area contributed by atoms with Crippen molar-refractivity contribution in [1.29, 1.82) is 0 Å². The first-order chi connectivity index (χ1) is 6.38. The molecule has 0 aliphatic carbocycles. The summed E-state index contributed by atoms with van der Waals surface area (Å²) in [7, 11) is 1.66. The van der Waals surface area contributed by atoms with Crippen LogP contribution < -0.4 is 0 Å². The maximum Gasteiger partial charge on any atom is 0.327 e. The van der Waals surface area contributed by atoms with Gasteiger partial charge in [-0.25, -0.2) is 0 Å². The standard InChI is InChI=1S/C10H10BN2/c1-3-5-6-7-9(4-2)10-12-8-11-13-10/h3-8H,1-2H2/b6-5-,9-7+. The number of aliphatic imine (C=N–C) groups is 1. The van der Waals surface area contributed by atoms with E-state index in [1.54, 1.807) is 25.7 Å². The molecule has 0 aromatic heterocycles. The molecule has 1 radical (unpaired) electrons. The largest absolute Gasteiger partial charge is 0.327 e. The first-order valence-electron chi connectivity index (χ1n) is 3.94. The van der Waals surface area contributed by atoms with Crippen LogP contribution in [0, 0.1) is 0 Å². The number of amidine groups is 1. The van der Waals surface area contributed by atoms with Crippen molar-refractivity contribution in [3.8, 4) is 0 Å². The summed E-state index contributed by atoms with van der Waals surface area (Å²) in [6.07, 6.45) is 10.7. The number of nitrogens with zero attached hydrogens (tertiary/aromatic N) is 2. The van der Waals surface area contributed by atoms with Crippen LogP contribution in [0.3, 0.4) is 0 Å². The van der Waals surface area contributed by atoms with Crippen molar-refractivity contribution in [2.75, 3.05) is 0 Å². The zero-order chi connectivity index (χ0) is 9.52. The highest BCUT2D eigenvalue weighted by atomic mass is 14.9. The second-order valence-corrected chi connectivity index (χ2v) is 2.33. The summed E-state index contributed by atoms with van der Waals surface area (Å²) in [6.45, 7) is 7.26. The minimum atomic E-state index is 0.698. The molecule has 0 bridgehead atoms. The monoisotopic (exact) mass is 169 g/mol. The van der Waals surface area contributed by atoms with E-state index in [-0.39, 0.29) is 0 Å². The molecule has 0 aromatic carbocycles. The lowest BCUT2D eigenvalue weighted by Crippen LogP contribution is -1.92. The van der Waals surface area contributed by atoms with Crippen LogP contribution in [0.5, 0.6) is 0 Å². The quantitative estimate of drug-likeness (QED) is 0.453. The Morgan fingerprint density at radius 2 is 2.23 bits per heavy atom. The molecule has 0 aromatic rings. The van der Waals surface area contributed by atoms with Gasteiger partial charge in [0.15, 0.2) is 0 Å². The summed E-state index contributed by atoms with van der Waals surface area (Å²) >= 11 is 0. The second kappa shape index (κ2) is 5.09. The Labute approximate surface area is 79.1 Å². The normalized spacial score (nSPS) is 15.7. The molecule has 1 heterocycles. The number of hydrogen-bond donors (Lipinski definition) is 0. The van der Waals surface area contributed by atoms with Crippen LogP contribution in [0.15, 0.2) is 59.0 Å². The second-order valence-electron chi connectivity index (χ2n) is 2.33. The van der Waals surface area contributed by atoms with Crippen LogP contribution >= 0.6 is 0 Å². The van der Waals surface area contributed by atoms with E-state index in [2.05, 4.69) is 23.1 Å². The molecule has 0 amide bonds. The van der Waals surface area contributed by atoms with Gasteiger partial charge >= 0.3 is 7.41 Å². The van der Waals surface area contributed by atoms with Crippen molar-refractivity contribution < 1.29 is 0 Å². The summed E-state index contributed by atoms with van der Waals surface area (Å²) in [5.41, 5.74) is 0.906. The Balaban J connectivity index is 2.77. The molecule has 3 heteroatoms. The molecule has 13 heavy (non-hydrogen) atoms. The van der Waals surface area contributed by atoms with Crippen LogP contribution in [0.1, 0.15) is 0 Å². The molecule has 1 aliphatic heterocycles. The van der Waals surface area contributed by atoms with Gasteiger partial charge in [-0.2, -0.15) is 0 Å². The third-order valence-corrected chi connectivity index (χ3v) is 1.46. The Morgan fingerprint density at radius 3 is 2.77 bits per heavy atom. The van der Waals surface area contributed by atoms with Crippen LogP contribution in [0.2, 0.25) is 0 Å². The van der Waals surface area contributed by atoms with Crippen molar-refractivity contribution >= 4 is 19.4 Å². The Kier molecular flexibility index (Phi) is 3.70. The Morgan fingerprint density at radius 1 is 1.38 bits per heavy atom. The molecule has 0 unspecified atom stereocenters. The van der Waals surface area contributed by atoms with Gasteiger partial charge in [0, 0.05) is 5.57 Å². The van der Waals surface area contributed by atoms with Crippen LogP contribution in [0.4, 0.5) is 0 Å². The topological polar surface area (TPSA) is 24.7 Å². The van der Waals surface area contributed by atoms with Gasteiger partial charge in [-0.3, -0.25) is 4.99 Å². The van der Waals surface area contributed by atoms with Gasteiger partial charge in [0.2, 0.25) is 0 Å². The molecule has 63 valence electrons. The highest BCUT2D eigenvalue weighted by Gasteiger charge is 2.03. The summed E-state index contributed by atoms with van der Waals surface area (Å²) < 4.78 is 0. The third-order valence-electron chi connectivity index (χ3n) is 1.46. The minimum absolute atomic E-state index is 0.698. The van der Waals surface area contributed by atoms with E-state index in [0.717, 1.165) is 5.57 Å². The number of rotatable bonds is 4. The van der Waals surface area contributed by atoms with Crippen LogP contribution in [-0.2, 0) is 0 Å².